The highest BCUT2D eigenvalue weighted by molar-refractivity contribution is 6.04. The number of rotatable bonds is 5. The molecule has 1 N–H and O–H groups in total. The Morgan fingerprint density at radius 3 is 2.43 bits per heavy atom. The number of halogens is 3. The third-order valence-corrected chi connectivity index (χ3v) is 5.27. The van der Waals surface area contributed by atoms with E-state index in [0.29, 0.717) is 5.56 Å². The zero-order valence-electron chi connectivity index (χ0n) is 16.8. The van der Waals surface area contributed by atoms with E-state index >= 15 is 0 Å². The van der Waals surface area contributed by atoms with Gasteiger partial charge in [-0.25, -0.2) is 0 Å². The molecule has 0 spiro atoms. The number of hydrogen-bond donors (Lipinski definition) is 1. The lowest BCUT2D eigenvalue weighted by atomic mass is 10.0. The summed E-state index contributed by atoms with van der Waals surface area (Å²) in [5.41, 5.74) is 0.391. The number of carbonyl (C=O) groups excluding carboxylic acids is 1. The number of terminal acetylenes is 1. The van der Waals surface area contributed by atoms with Crippen LogP contribution in [0.1, 0.15) is 34.0 Å². The minimum atomic E-state index is -4.51. The number of piperazine rings is 1. The molecule has 0 aliphatic carbocycles. The Balaban J connectivity index is 1.77. The van der Waals surface area contributed by atoms with E-state index in [1.165, 1.54) is 18.2 Å². The summed E-state index contributed by atoms with van der Waals surface area (Å²) in [6, 6.07) is 10.3. The van der Waals surface area contributed by atoms with Crippen molar-refractivity contribution in [2.24, 2.45) is 0 Å². The van der Waals surface area contributed by atoms with Gasteiger partial charge in [0.2, 0.25) is 0 Å². The number of alkyl halides is 3. The second-order valence-electron chi connectivity index (χ2n) is 7.26. The van der Waals surface area contributed by atoms with Crippen LogP contribution in [0.15, 0.2) is 42.5 Å². The molecule has 2 aromatic rings. The number of carbonyl (C=O) groups is 1. The standard InChI is InChI=1S/C23H24F3N3O/c1-3-17-6-5-7-18(14-17)22(30)27-20-9-8-19(21(15-20)23(24,25)26)16-29-12-10-28(4-2)11-13-29/h1,5-9,14-15H,4,10-13,16H2,2H3,(H,27,30). The summed E-state index contributed by atoms with van der Waals surface area (Å²) >= 11 is 0. The quantitative estimate of drug-likeness (QED) is 0.748. The molecule has 1 heterocycles. The van der Waals surface area contributed by atoms with Gasteiger partial charge in [-0.05, 0) is 42.4 Å². The number of amides is 1. The van der Waals surface area contributed by atoms with E-state index in [4.69, 9.17) is 6.42 Å². The van der Waals surface area contributed by atoms with Gasteiger partial charge in [0.1, 0.15) is 0 Å². The summed E-state index contributed by atoms with van der Waals surface area (Å²) in [5.74, 6) is 1.92. The molecule has 0 atom stereocenters. The molecule has 0 saturated carbocycles. The molecule has 1 aliphatic rings. The predicted octanol–water partition coefficient (Wildman–Crippen LogP) is 4.08. The van der Waals surface area contributed by atoms with Crippen LogP contribution in [-0.2, 0) is 12.7 Å². The second-order valence-corrected chi connectivity index (χ2v) is 7.26. The van der Waals surface area contributed by atoms with E-state index < -0.39 is 17.6 Å². The summed E-state index contributed by atoms with van der Waals surface area (Å²) in [6.45, 7) is 6.41. The van der Waals surface area contributed by atoms with Crippen molar-refractivity contribution in [3.8, 4) is 12.3 Å². The first-order valence-electron chi connectivity index (χ1n) is 9.83. The van der Waals surface area contributed by atoms with E-state index in [-0.39, 0.29) is 23.4 Å². The van der Waals surface area contributed by atoms with Gasteiger partial charge >= 0.3 is 6.18 Å². The summed E-state index contributed by atoms with van der Waals surface area (Å²) in [7, 11) is 0. The van der Waals surface area contributed by atoms with E-state index in [0.717, 1.165) is 38.8 Å². The van der Waals surface area contributed by atoms with Crippen LogP contribution in [0.5, 0.6) is 0 Å². The van der Waals surface area contributed by atoms with Gasteiger partial charge in [-0.1, -0.05) is 25.0 Å². The molecule has 0 aromatic heterocycles. The van der Waals surface area contributed by atoms with Crippen LogP contribution >= 0.6 is 0 Å². The van der Waals surface area contributed by atoms with Crippen molar-refractivity contribution >= 4 is 11.6 Å². The zero-order valence-corrected chi connectivity index (χ0v) is 16.8. The van der Waals surface area contributed by atoms with Crippen molar-refractivity contribution in [1.29, 1.82) is 0 Å². The number of benzene rings is 2. The molecule has 158 valence electrons. The largest absolute Gasteiger partial charge is 0.416 e. The monoisotopic (exact) mass is 415 g/mol. The van der Waals surface area contributed by atoms with Gasteiger partial charge in [0.05, 0.1) is 5.56 Å². The number of likely N-dealkylation sites (N-methyl/N-ethyl adjacent to an activating group) is 1. The van der Waals surface area contributed by atoms with E-state index in [2.05, 4.69) is 23.1 Å². The Bertz CT molecular complexity index is 941. The molecule has 0 bridgehead atoms. The fraction of sp³-hybridized carbons (Fsp3) is 0.348. The van der Waals surface area contributed by atoms with E-state index in [9.17, 15) is 18.0 Å². The van der Waals surface area contributed by atoms with Crippen molar-refractivity contribution in [2.75, 3.05) is 38.0 Å². The molecule has 0 unspecified atom stereocenters. The summed E-state index contributed by atoms with van der Waals surface area (Å²) < 4.78 is 41.1. The molecule has 1 fully saturated rings. The maximum absolute atomic E-state index is 13.7. The second kappa shape index (κ2) is 9.33. The topological polar surface area (TPSA) is 35.6 Å². The third kappa shape index (κ3) is 5.41. The van der Waals surface area contributed by atoms with Gasteiger partial charge in [-0.15, -0.1) is 6.42 Å². The molecule has 1 saturated heterocycles. The fourth-order valence-electron chi connectivity index (χ4n) is 3.51. The SMILES string of the molecule is C#Cc1cccc(C(=O)Nc2ccc(CN3CCN(CC)CC3)c(C(F)(F)F)c2)c1. The normalized spacial score (nSPS) is 15.6. The minimum absolute atomic E-state index is 0.0954. The maximum Gasteiger partial charge on any atom is 0.416 e. The Morgan fingerprint density at radius 1 is 1.10 bits per heavy atom. The van der Waals surface area contributed by atoms with Crippen LogP contribution in [0.4, 0.5) is 18.9 Å². The van der Waals surface area contributed by atoms with Crippen molar-refractivity contribution in [3.63, 3.8) is 0 Å². The average Bonchev–Trinajstić information content (AvgIpc) is 2.74. The summed E-state index contributed by atoms with van der Waals surface area (Å²) in [6.07, 6.45) is 0.826. The number of anilines is 1. The molecule has 0 radical (unpaired) electrons. The first-order valence-corrected chi connectivity index (χ1v) is 9.83. The Morgan fingerprint density at radius 2 is 1.80 bits per heavy atom. The number of nitrogens with one attached hydrogen (secondary N) is 1. The third-order valence-electron chi connectivity index (χ3n) is 5.27. The van der Waals surface area contributed by atoms with Crippen LogP contribution in [-0.4, -0.2) is 48.4 Å². The highest BCUT2D eigenvalue weighted by Crippen LogP contribution is 2.34. The molecule has 3 rings (SSSR count). The first kappa shape index (κ1) is 21.9. The van der Waals surface area contributed by atoms with Crippen LogP contribution in [0, 0.1) is 12.3 Å². The highest BCUT2D eigenvalue weighted by Gasteiger charge is 2.34. The van der Waals surface area contributed by atoms with Crippen molar-refractivity contribution in [3.05, 3.63) is 64.7 Å². The fourth-order valence-corrected chi connectivity index (χ4v) is 3.51. The van der Waals surface area contributed by atoms with Crippen molar-refractivity contribution in [2.45, 2.75) is 19.6 Å². The Labute approximate surface area is 174 Å². The Kier molecular flexibility index (Phi) is 6.80. The molecule has 7 heteroatoms. The van der Waals surface area contributed by atoms with Crippen LogP contribution in [0.25, 0.3) is 0 Å². The van der Waals surface area contributed by atoms with E-state index in [1.54, 1.807) is 18.2 Å². The molecule has 2 aromatic carbocycles. The van der Waals surface area contributed by atoms with Gasteiger partial charge in [0.15, 0.2) is 0 Å². The summed E-state index contributed by atoms with van der Waals surface area (Å²) in [4.78, 5) is 16.7. The minimum Gasteiger partial charge on any atom is -0.322 e. The lowest BCUT2D eigenvalue weighted by Crippen LogP contribution is -2.45. The lowest BCUT2D eigenvalue weighted by Gasteiger charge is -2.34. The molecule has 30 heavy (non-hydrogen) atoms. The number of nitrogens with zero attached hydrogens (tertiary/aromatic N) is 2. The first-order chi connectivity index (χ1) is 14.3. The molecular weight excluding hydrogens is 391 g/mol. The summed E-state index contributed by atoms with van der Waals surface area (Å²) in [5, 5.41) is 2.54. The van der Waals surface area contributed by atoms with Gasteiger partial charge in [0.25, 0.3) is 5.91 Å². The smallest absolute Gasteiger partial charge is 0.322 e. The van der Waals surface area contributed by atoms with Gasteiger partial charge in [0, 0.05) is 49.5 Å². The predicted molar refractivity (Wildman–Crippen MR) is 111 cm³/mol. The van der Waals surface area contributed by atoms with Crippen molar-refractivity contribution < 1.29 is 18.0 Å². The average molecular weight is 415 g/mol. The lowest BCUT2D eigenvalue weighted by molar-refractivity contribution is -0.138. The van der Waals surface area contributed by atoms with Crippen LogP contribution in [0.3, 0.4) is 0 Å². The molecular formula is C23H24F3N3O. The molecule has 1 amide bonds. The van der Waals surface area contributed by atoms with Crippen molar-refractivity contribution in [1.82, 2.24) is 9.80 Å². The van der Waals surface area contributed by atoms with E-state index in [1.807, 2.05) is 4.90 Å². The molecule has 4 nitrogen and oxygen atoms in total. The van der Waals surface area contributed by atoms with Gasteiger partial charge < -0.3 is 10.2 Å². The maximum atomic E-state index is 13.7. The highest BCUT2D eigenvalue weighted by atomic mass is 19.4. The van der Waals surface area contributed by atoms with Gasteiger partial charge in [-0.2, -0.15) is 13.2 Å². The van der Waals surface area contributed by atoms with Crippen LogP contribution < -0.4 is 5.32 Å². The number of hydrogen-bond acceptors (Lipinski definition) is 3. The zero-order chi connectivity index (χ0) is 21.7. The molecule has 1 aliphatic heterocycles. The van der Waals surface area contributed by atoms with Crippen LogP contribution in [0.2, 0.25) is 0 Å². The van der Waals surface area contributed by atoms with Gasteiger partial charge in [-0.3, -0.25) is 9.69 Å². The Hall–Kier alpha value is -2.82.